The highest BCUT2D eigenvalue weighted by Gasteiger charge is 2.36. The van der Waals surface area contributed by atoms with Gasteiger partial charge in [-0.1, -0.05) is 32.9 Å². The van der Waals surface area contributed by atoms with E-state index in [1.807, 2.05) is 12.1 Å². The van der Waals surface area contributed by atoms with Crippen molar-refractivity contribution in [3.63, 3.8) is 0 Å². The van der Waals surface area contributed by atoms with Crippen LogP contribution in [0.3, 0.4) is 0 Å². The molecule has 2 unspecified atom stereocenters. The summed E-state index contributed by atoms with van der Waals surface area (Å²) in [4.78, 5) is 10.2. The van der Waals surface area contributed by atoms with Gasteiger partial charge in [0, 0.05) is 24.7 Å². The van der Waals surface area contributed by atoms with Crippen LogP contribution in [-0.2, 0) is 6.54 Å². The van der Waals surface area contributed by atoms with E-state index < -0.39 is 0 Å². The lowest BCUT2D eigenvalue weighted by molar-refractivity contribution is -0.384. The average Bonchev–Trinajstić information content (AvgIpc) is 2.60. The van der Waals surface area contributed by atoms with Gasteiger partial charge in [0.2, 0.25) is 0 Å². The lowest BCUT2D eigenvalue weighted by atomic mass is 9.91. The van der Waals surface area contributed by atoms with Crippen molar-refractivity contribution >= 4 is 5.69 Å². The molecule has 1 aromatic carbocycles. The maximum absolute atomic E-state index is 10.6. The Hall–Kier alpha value is -1.42. The molecule has 0 spiro atoms. The minimum absolute atomic E-state index is 0.152. The average molecular weight is 262 g/mol. The number of nitro benzene ring substituents is 1. The minimum atomic E-state index is -0.362. The lowest BCUT2D eigenvalue weighted by Crippen LogP contribution is -2.31. The molecule has 0 aliphatic heterocycles. The van der Waals surface area contributed by atoms with Gasteiger partial charge in [-0.15, -0.1) is 0 Å². The predicted molar refractivity (Wildman–Crippen MR) is 75.9 cm³/mol. The van der Waals surface area contributed by atoms with Crippen LogP contribution in [0.25, 0.3) is 0 Å². The summed E-state index contributed by atoms with van der Waals surface area (Å²) >= 11 is 0. The molecule has 1 saturated carbocycles. The SMILES string of the molecule is CC1CC(C)(C)CC1NCc1ccc([N+](=O)[O-])cc1. The van der Waals surface area contributed by atoms with Crippen molar-refractivity contribution < 1.29 is 4.92 Å². The second-order valence-corrected chi connectivity index (χ2v) is 6.46. The van der Waals surface area contributed by atoms with Crippen LogP contribution < -0.4 is 5.32 Å². The van der Waals surface area contributed by atoms with Crippen LogP contribution in [0.15, 0.2) is 24.3 Å². The fourth-order valence-electron chi connectivity index (χ4n) is 3.15. The molecule has 2 rings (SSSR count). The summed E-state index contributed by atoms with van der Waals surface area (Å²) < 4.78 is 0. The molecule has 104 valence electrons. The first-order valence-corrected chi connectivity index (χ1v) is 6.84. The van der Waals surface area contributed by atoms with E-state index in [0.717, 1.165) is 12.1 Å². The molecule has 4 nitrogen and oxygen atoms in total. The number of nitro groups is 1. The van der Waals surface area contributed by atoms with Gasteiger partial charge in [0.05, 0.1) is 4.92 Å². The summed E-state index contributed by atoms with van der Waals surface area (Å²) in [6.45, 7) is 7.71. The summed E-state index contributed by atoms with van der Waals surface area (Å²) in [6, 6.07) is 7.34. The van der Waals surface area contributed by atoms with Gasteiger partial charge in [-0.25, -0.2) is 0 Å². The van der Waals surface area contributed by atoms with Crippen molar-refractivity contribution in [3.8, 4) is 0 Å². The molecule has 1 aromatic rings. The number of nitrogens with one attached hydrogen (secondary N) is 1. The van der Waals surface area contributed by atoms with E-state index in [1.54, 1.807) is 12.1 Å². The largest absolute Gasteiger partial charge is 0.310 e. The molecule has 0 heterocycles. The Kier molecular flexibility index (Phi) is 3.90. The zero-order valence-corrected chi connectivity index (χ0v) is 11.8. The molecule has 1 aliphatic carbocycles. The standard InChI is InChI=1S/C15H22N2O2/c1-11-8-15(2,3)9-14(11)16-10-12-4-6-13(7-5-12)17(18)19/h4-7,11,14,16H,8-10H2,1-3H3. The van der Waals surface area contributed by atoms with E-state index in [0.29, 0.717) is 17.4 Å². The molecular formula is C15H22N2O2. The number of hydrogen-bond donors (Lipinski definition) is 1. The second kappa shape index (κ2) is 5.29. The fraction of sp³-hybridized carbons (Fsp3) is 0.600. The third kappa shape index (κ3) is 3.53. The Balaban J connectivity index is 1.90. The molecule has 0 amide bonds. The van der Waals surface area contributed by atoms with Crippen LogP contribution in [0.5, 0.6) is 0 Å². The number of rotatable bonds is 4. The molecule has 1 fully saturated rings. The van der Waals surface area contributed by atoms with Crippen LogP contribution in [0.1, 0.15) is 39.2 Å². The van der Waals surface area contributed by atoms with E-state index in [4.69, 9.17) is 0 Å². The van der Waals surface area contributed by atoms with Crippen molar-refractivity contribution in [2.24, 2.45) is 11.3 Å². The van der Waals surface area contributed by atoms with Crippen LogP contribution in [0.4, 0.5) is 5.69 Å². The second-order valence-electron chi connectivity index (χ2n) is 6.46. The highest BCUT2D eigenvalue weighted by molar-refractivity contribution is 5.32. The molecule has 1 N–H and O–H groups in total. The van der Waals surface area contributed by atoms with Crippen LogP contribution >= 0.6 is 0 Å². The first-order valence-electron chi connectivity index (χ1n) is 6.84. The number of hydrogen-bond acceptors (Lipinski definition) is 3. The molecule has 1 aliphatic rings. The summed E-state index contributed by atoms with van der Waals surface area (Å²) in [5.41, 5.74) is 1.67. The maximum Gasteiger partial charge on any atom is 0.269 e. The van der Waals surface area contributed by atoms with Gasteiger partial charge in [-0.2, -0.15) is 0 Å². The number of non-ortho nitro benzene ring substituents is 1. The Morgan fingerprint density at radius 1 is 1.32 bits per heavy atom. The van der Waals surface area contributed by atoms with Crippen molar-refractivity contribution in [3.05, 3.63) is 39.9 Å². The number of benzene rings is 1. The lowest BCUT2D eigenvalue weighted by Gasteiger charge is -2.18. The quantitative estimate of drug-likeness (QED) is 0.667. The molecule has 4 heteroatoms. The topological polar surface area (TPSA) is 55.2 Å². The normalized spacial score (nSPS) is 25.4. The minimum Gasteiger partial charge on any atom is -0.310 e. The Morgan fingerprint density at radius 3 is 2.42 bits per heavy atom. The van der Waals surface area contributed by atoms with E-state index in [9.17, 15) is 10.1 Å². The summed E-state index contributed by atoms with van der Waals surface area (Å²) in [6.07, 6.45) is 2.45. The van der Waals surface area contributed by atoms with Gasteiger partial charge in [0.15, 0.2) is 0 Å². The summed E-state index contributed by atoms with van der Waals surface area (Å²) in [7, 11) is 0. The molecule has 2 atom stereocenters. The van der Waals surface area contributed by atoms with E-state index in [1.165, 1.54) is 12.8 Å². The van der Waals surface area contributed by atoms with Gasteiger partial charge in [-0.05, 0) is 29.7 Å². The third-order valence-electron chi connectivity index (χ3n) is 4.05. The van der Waals surface area contributed by atoms with Gasteiger partial charge >= 0.3 is 0 Å². The molecule has 0 aromatic heterocycles. The Labute approximate surface area is 114 Å². The van der Waals surface area contributed by atoms with Crippen molar-refractivity contribution in [1.29, 1.82) is 0 Å². The molecule has 19 heavy (non-hydrogen) atoms. The first kappa shape index (κ1) is 14.0. The molecular weight excluding hydrogens is 240 g/mol. The van der Waals surface area contributed by atoms with E-state index in [2.05, 4.69) is 26.1 Å². The zero-order valence-electron chi connectivity index (χ0n) is 11.8. The first-order chi connectivity index (χ1) is 8.87. The third-order valence-corrected chi connectivity index (χ3v) is 4.05. The van der Waals surface area contributed by atoms with Gasteiger partial charge in [0.1, 0.15) is 0 Å². The number of nitrogens with zero attached hydrogens (tertiary/aromatic N) is 1. The van der Waals surface area contributed by atoms with E-state index >= 15 is 0 Å². The van der Waals surface area contributed by atoms with Crippen LogP contribution in [0.2, 0.25) is 0 Å². The van der Waals surface area contributed by atoms with Crippen LogP contribution in [-0.4, -0.2) is 11.0 Å². The highest BCUT2D eigenvalue weighted by Crippen LogP contribution is 2.40. The molecule has 0 saturated heterocycles. The van der Waals surface area contributed by atoms with Gasteiger partial charge in [0.25, 0.3) is 5.69 Å². The monoisotopic (exact) mass is 262 g/mol. The molecule has 0 bridgehead atoms. The maximum atomic E-state index is 10.6. The fourth-order valence-corrected chi connectivity index (χ4v) is 3.15. The molecule has 0 radical (unpaired) electrons. The summed E-state index contributed by atoms with van der Waals surface area (Å²) in [5, 5.41) is 14.2. The Morgan fingerprint density at radius 2 is 1.95 bits per heavy atom. The van der Waals surface area contributed by atoms with Gasteiger partial charge < -0.3 is 5.32 Å². The summed E-state index contributed by atoms with van der Waals surface area (Å²) in [5.74, 6) is 0.688. The Bertz CT molecular complexity index is 454. The van der Waals surface area contributed by atoms with Crippen molar-refractivity contribution in [1.82, 2.24) is 5.32 Å². The smallest absolute Gasteiger partial charge is 0.269 e. The van der Waals surface area contributed by atoms with Crippen molar-refractivity contribution in [2.75, 3.05) is 0 Å². The highest BCUT2D eigenvalue weighted by atomic mass is 16.6. The predicted octanol–water partition coefficient (Wildman–Crippen LogP) is 3.51. The van der Waals surface area contributed by atoms with Gasteiger partial charge in [-0.3, -0.25) is 10.1 Å². The zero-order chi connectivity index (χ0) is 14.0. The van der Waals surface area contributed by atoms with Crippen LogP contribution in [0, 0.1) is 21.4 Å². The van der Waals surface area contributed by atoms with E-state index in [-0.39, 0.29) is 10.6 Å². The van der Waals surface area contributed by atoms with Crippen molar-refractivity contribution in [2.45, 2.75) is 46.2 Å².